The molecule has 1 heterocycles. The quantitative estimate of drug-likeness (QED) is 0.558. The molecule has 9 nitrogen and oxygen atoms in total. The Bertz CT molecular complexity index is 561. The van der Waals surface area contributed by atoms with E-state index in [1.165, 1.54) is 4.90 Å². The van der Waals surface area contributed by atoms with Crippen molar-refractivity contribution in [3.8, 4) is 0 Å². The molecule has 0 aliphatic rings. The predicted molar refractivity (Wildman–Crippen MR) is 74.4 cm³/mol. The molecular weight excluding hydrogens is 280 g/mol. The molecule has 0 radical (unpaired) electrons. The minimum Gasteiger partial charge on any atom is -0.477 e. The number of amides is 1. The summed E-state index contributed by atoms with van der Waals surface area (Å²) in [5, 5.41) is 22.5. The molecule has 0 aromatic carbocycles. The lowest BCUT2D eigenvalue weighted by Gasteiger charge is -2.21. The monoisotopic (exact) mass is 296 g/mol. The molecule has 0 aliphatic carbocycles. The second-order valence-electron chi connectivity index (χ2n) is 4.07. The van der Waals surface area contributed by atoms with Crippen molar-refractivity contribution >= 4 is 23.4 Å². The van der Waals surface area contributed by atoms with Crippen molar-refractivity contribution in [3.63, 3.8) is 0 Å². The number of carbonyl (C=O) groups is 2. The summed E-state index contributed by atoms with van der Waals surface area (Å²) in [6, 6.07) is 2.14. The number of hydrogen-bond donors (Lipinski definition) is 2. The summed E-state index contributed by atoms with van der Waals surface area (Å²) in [6.07, 6.45) is 0. The molecule has 9 heteroatoms. The molecule has 0 aliphatic heterocycles. The highest BCUT2D eigenvalue weighted by atomic mass is 16.6. The lowest BCUT2D eigenvalue weighted by molar-refractivity contribution is -0.384. The van der Waals surface area contributed by atoms with Crippen LogP contribution in [0.4, 0.5) is 11.5 Å². The first-order chi connectivity index (χ1) is 9.90. The second kappa shape index (κ2) is 7.17. The van der Waals surface area contributed by atoms with E-state index in [1.807, 2.05) is 0 Å². The highest BCUT2D eigenvalue weighted by molar-refractivity contribution is 5.87. The number of nitrogens with one attached hydrogen (secondary N) is 1. The molecule has 114 valence electrons. The first-order valence-electron chi connectivity index (χ1n) is 6.31. The van der Waals surface area contributed by atoms with Crippen LogP contribution in [0.25, 0.3) is 0 Å². The largest absolute Gasteiger partial charge is 0.477 e. The number of hydrogen-bond acceptors (Lipinski definition) is 6. The smallest absolute Gasteiger partial charge is 0.354 e. The van der Waals surface area contributed by atoms with Gasteiger partial charge in [0.1, 0.15) is 0 Å². The number of carbonyl (C=O) groups excluding carboxylic acids is 1. The summed E-state index contributed by atoms with van der Waals surface area (Å²) in [4.78, 5) is 38.1. The van der Waals surface area contributed by atoms with Gasteiger partial charge in [-0.25, -0.2) is 9.78 Å². The number of carboxylic acids is 1. The molecule has 0 fully saturated rings. The van der Waals surface area contributed by atoms with Crippen LogP contribution in [-0.4, -0.2) is 46.5 Å². The molecule has 0 spiro atoms. The van der Waals surface area contributed by atoms with Crippen molar-refractivity contribution in [2.24, 2.45) is 0 Å². The molecule has 0 saturated heterocycles. The van der Waals surface area contributed by atoms with Gasteiger partial charge in [0.05, 0.1) is 11.5 Å². The average Bonchev–Trinajstić information content (AvgIpc) is 2.44. The number of carboxylic acid groups (broad SMARTS) is 1. The maximum absolute atomic E-state index is 11.6. The minimum atomic E-state index is -1.29. The van der Waals surface area contributed by atoms with Gasteiger partial charge in [-0.15, -0.1) is 0 Å². The van der Waals surface area contributed by atoms with E-state index in [1.54, 1.807) is 13.8 Å². The van der Waals surface area contributed by atoms with E-state index in [2.05, 4.69) is 10.3 Å². The Morgan fingerprint density at radius 3 is 2.57 bits per heavy atom. The van der Waals surface area contributed by atoms with Crippen LogP contribution in [0.15, 0.2) is 12.1 Å². The van der Waals surface area contributed by atoms with Crippen molar-refractivity contribution in [1.29, 1.82) is 0 Å². The van der Waals surface area contributed by atoms with Crippen molar-refractivity contribution in [1.82, 2.24) is 10.3 Å². The molecule has 21 heavy (non-hydrogen) atoms. The third kappa shape index (κ3) is 4.13. The number of nitro groups is 1. The van der Waals surface area contributed by atoms with Crippen LogP contribution < -0.4 is 10.2 Å². The lowest BCUT2D eigenvalue weighted by Crippen LogP contribution is -2.38. The number of rotatable bonds is 7. The Balaban J connectivity index is 3.21. The number of nitrogens with zero attached hydrogens (tertiary/aromatic N) is 3. The fourth-order valence-electron chi connectivity index (χ4n) is 1.70. The summed E-state index contributed by atoms with van der Waals surface area (Å²) >= 11 is 0. The van der Waals surface area contributed by atoms with Gasteiger partial charge < -0.3 is 15.3 Å². The summed E-state index contributed by atoms with van der Waals surface area (Å²) in [5.74, 6) is -1.75. The zero-order valence-corrected chi connectivity index (χ0v) is 11.7. The van der Waals surface area contributed by atoms with Gasteiger partial charge in [0.25, 0.3) is 0 Å². The fraction of sp³-hybridized carbons (Fsp3) is 0.417. The van der Waals surface area contributed by atoms with Crippen molar-refractivity contribution in [2.45, 2.75) is 13.8 Å². The predicted octanol–water partition coefficient (Wildman–Crippen LogP) is 0.650. The maximum Gasteiger partial charge on any atom is 0.354 e. The first-order valence-corrected chi connectivity index (χ1v) is 6.31. The van der Waals surface area contributed by atoms with Gasteiger partial charge in [0.2, 0.25) is 11.7 Å². The van der Waals surface area contributed by atoms with E-state index in [9.17, 15) is 19.7 Å². The van der Waals surface area contributed by atoms with Gasteiger partial charge in [0.15, 0.2) is 5.69 Å². The van der Waals surface area contributed by atoms with Crippen LogP contribution in [0.3, 0.4) is 0 Å². The molecule has 0 bridgehead atoms. The van der Waals surface area contributed by atoms with Crippen LogP contribution in [0.2, 0.25) is 0 Å². The minimum absolute atomic E-state index is 0.131. The van der Waals surface area contributed by atoms with Gasteiger partial charge in [0, 0.05) is 19.2 Å². The summed E-state index contributed by atoms with van der Waals surface area (Å²) in [7, 11) is 0. The Morgan fingerprint density at radius 2 is 2.10 bits per heavy atom. The number of anilines is 1. The third-order valence-electron chi connectivity index (χ3n) is 2.66. The maximum atomic E-state index is 11.6. The molecule has 0 unspecified atom stereocenters. The van der Waals surface area contributed by atoms with Gasteiger partial charge in [-0.2, -0.15) is 0 Å². The molecular formula is C12H16N4O5. The van der Waals surface area contributed by atoms with Crippen LogP contribution >= 0.6 is 0 Å². The summed E-state index contributed by atoms with van der Waals surface area (Å²) < 4.78 is 0. The van der Waals surface area contributed by atoms with Crippen LogP contribution in [-0.2, 0) is 4.79 Å². The van der Waals surface area contributed by atoms with Crippen LogP contribution in [0.1, 0.15) is 24.3 Å². The van der Waals surface area contributed by atoms with E-state index >= 15 is 0 Å². The Kier molecular flexibility index (Phi) is 5.58. The Morgan fingerprint density at radius 1 is 1.43 bits per heavy atom. The van der Waals surface area contributed by atoms with Crippen LogP contribution in [0, 0.1) is 10.1 Å². The molecule has 1 amide bonds. The van der Waals surface area contributed by atoms with E-state index in [4.69, 9.17) is 5.11 Å². The normalized spacial score (nSPS) is 10.0. The van der Waals surface area contributed by atoms with Gasteiger partial charge >= 0.3 is 11.7 Å². The Hall–Kier alpha value is -2.71. The first kappa shape index (κ1) is 16.3. The van der Waals surface area contributed by atoms with E-state index in [0.717, 1.165) is 12.1 Å². The molecule has 1 rings (SSSR count). The Labute approximate surface area is 120 Å². The molecule has 0 atom stereocenters. The van der Waals surface area contributed by atoms with Gasteiger partial charge in [-0.3, -0.25) is 14.9 Å². The average molecular weight is 296 g/mol. The van der Waals surface area contributed by atoms with Gasteiger partial charge in [-0.1, -0.05) is 0 Å². The lowest BCUT2D eigenvalue weighted by atomic mass is 10.3. The molecule has 0 saturated carbocycles. The number of pyridine rings is 1. The number of likely N-dealkylation sites (N-methyl/N-ethyl adjacent to an activating group) is 2. The van der Waals surface area contributed by atoms with E-state index in [0.29, 0.717) is 6.54 Å². The highest BCUT2D eigenvalue weighted by Crippen LogP contribution is 2.25. The summed E-state index contributed by atoms with van der Waals surface area (Å²) in [5.41, 5.74) is -0.656. The fourth-order valence-corrected chi connectivity index (χ4v) is 1.70. The zero-order valence-electron chi connectivity index (χ0n) is 11.7. The van der Waals surface area contributed by atoms with E-state index < -0.39 is 10.9 Å². The number of aromatic carboxylic acids is 1. The molecule has 1 aromatic heterocycles. The molecule has 2 N–H and O–H groups in total. The topological polar surface area (TPSA) is 126 Å². The van der Waals surface area contributed by atoms with Crippen molar-refractivity contribution in [3.05, 3.63) is 27.9 Å². The zero-order chi connectivity index (χ0) is 16.0. The highest BCUT2D eigenvalue weighted by Gasteiger charge is 2.24. The van der Waals surface area contributed by atoms with Crippen molar-refractivity contribution in [2.75, 3.05) is 24.5 Å². The third-order valence-corrected chi connectivity index (χ3v) is 2.66. The van der Waals surface area contributed by atoms with Gasteiger partial charge in [-0.05, 0) is 19.9 Å². The van der Waals surface area contributed by atoms with Crippen molar-refractivity contribution < 1.29 is 19.6 Å². The summed E-state index contributed by atoms with van der Waals surface area (Å²) in [6.45, 7) is 4.01. The second-order valence-corrected chi connectivity index (χ2v) is 4.07. The molecule has 1 aromatic rings. The standard InChI is InChI=1S/C12H16N4O5/c1-3-13-10(17)7-15(4-2)11-9(16(20)21)6-5-8(14-11)12(18)19/h5-6H,3-4,7H2,1-2H3,(H,13,17)(H,18,19). The SMILES string of the molecule is CCNC(=O)CN(CC)c1nc(C(=O)O)ccc1[N+](=O)[O-]. The van der Waals surface area contributed by atoms with E-state index in [-0.39, 0.29) is 36.2 Å². The van der Waals surface area contributed by atoms with Crippen LogP contribution in [0.5, 0.6) is 0 Å². The number of aromatic nitrogens is 1.